The van der Waals surface area contributed by atoms with Crippen LogP contribution in [0.15, 0.2) is 78.9 Å². The number of nitrogens with zero attached hydrogens (tertiary/aromatic N) is 1. The second-order valence-corrected chi connectivity index (χ2v) is 8.80. The molecule has 140 valence electrons. The van der Waals surface area contributed by atoms with E-state index in [9.17, 15) is 4.79 Å². The van der Waals surface area contributed by atoms with Crippen LogP contribution in [0.4, 0.5) is 5.69 Å². The van der Waals surface area contributed by atoms with Gasteiger partial charge in [0.1, 0.15) is 0 Å². The van der Waals surface area contributed by atoms with E-state index in [1.165, 1.54) is 11.1 Å². The lowest BCUT2D eigenvalue weighted by Crippen LogP contribution is -2.15. The predicted octanol–water partition coefficient (Wildman–Crippen LogP) is 6.07. The minimum Gasteiger partial charge on any atom is -0.325 e. The molecule has 0 aliphatic rings. The summed E-state index contributed by atoms with van der Waals surface area (Å²) in [5.41, 5.74) is 4.20. The van der Waals surface area contributed by atoms with Gasteiger partial charge in [-0.05, 0) is 36.2 Å². The van der Waals surface area contributed by atoms with Gasteiger partial charge >= 0.3 is 0 Å². The van der Waals surface area contributed by atoms with Crippen molar-refractivity contribution in [2.75, 3.05) is 11.1 Å². The van der Waals surface area contributed by atoms with Crippen molar-refractivity contribution in [1.29, 1.82) is 0 Å². The fraction of sp³-hybridized carbons (Fsp3) is 0.130. The lowest BCUT2D eigenvalue weighted by atomic mass is 10.0. The molecule has 0 radical (unpaired) electrons. The molecule has 0 saturated carbocycles. The third kappa shape index (κ3) is 4.43. The number of amides is 1. The van der Waals surface area contributed by atoms with Crippen molar-refractivity contribution < 1.29 is 4.79 Å². The van der Waals surface area contributed by atoms with Crippen molar-refractivity contribution in [1.82, 2.24) is 4.98 Å². The van der Waals surface area contributed by atoms with Gasteiger partial charge in [-0.15, -0.1) is 23.1 Å². The van der Waals surface area contributed by atoms with Gasteiger partial charge in [0.25, 0.3) is 0 Å². The zero-order chi connectivity index (χ0) is 19.3. The lowest BCUT2D eigenvalue weighted by Gasteiger charge is -2.17. The van der Waals surface area contributed by atoms with Crippen LogP contribution in [0.1, 0.15) is 21.4 Å². The Labute approximate surface area is 172 Å². The van der Waals surface area contributed by atoms with Gasteiger partial charge in [-0.2, -0.15) is 0 Å². The maximum absolute atomic E-state index is 12.6. The van der Waals surface area contributed by atoms with Gasteiger partial charge in [0, 0.05) is 5.69 Å². The summed E-state index contributed by atoms with van der Waals surface area (Å²) in [4.78, 5) is 17.0. The second kappa shape index (κ2) is 8.59. The topological polar surface area (TPSA) is 42.0 Å². The number of fused-ring (bicyclic) bond motifs is 1. The molecule has 5 heteroatoms. The van der Waals surface area contributed by atoms with E-state index in [0.29, 0.717) is 5.75 Å². The molecule has 1 amide bonds. The highest BCUT2D eigenvalue weighted by molar-refractivity contribution is 8.00. The molecule has 0 spiro atoms. The zero-order valence-corrected chi connectivity index (χ0v) is 17.1. The quantitative estimate of drug-likeness (QED) is 0.424. The first-order chi connectivity index (χ1) is 13.7. The van der Waals surface area contributed by atoms with E-state index in [2.05, 4.69) is 34.6 Å². The summed E-state index contributed by atoms with van der Waals surface area (Å²) in [6, 6.07) is 26.5. The predicted molar refractivity (Wildman–Crippen MR) is 120 cm³/mol. The maximum atomic E-state index is 12.6. The number of hydrogen-bond donors (Lipinski definition) is 1. The SMILES string of the molecule is Cc1nc2ccc(NC(=O)CSC(c3ccccc3)c3ccccc3)cc2s1. The lowest BCUT2D eigenvalue weighted by molar-refractivity contribution is -0.113. The van der Waals surface area contributed by atoms with E-state index in [0.717, 1.165) is 20.9 Å². The first-order valence-corrected chi connectivity index (χ1v) is 10.9. The van der Waals surface area contributed by atoms with E-state index >= 15 is 0 Å². The molecule has 1 heterocycles. The number of carbonyl (C=O) groups is 1. The van der Waals surface area contributed by atoms with E-state index in [1.54, 1.807) is 23.1 Å². The number of anilines is 1. The summed E-state index contributed by atoms with van der Waals surface area (Å²) in [5.74, 6) is 0.385. The molecule has 1 N–H and O–H groups in total. The number of rotatable bonds is 6. The normalized spacial score (nSPS) is 11.1. The number of aryl methyl sites for hydroxylation is 1. The van der Waals surface area contributed by atoms with Crippen LogP contribution in [0.3, 0.4) is 0 Å². The molecule has 3 nitrogen and oxygen atoms in total. The van der Waals surface area contributed by atoms with Crippen molar-refractivity contribution in [3.8, 4) is 0 Å². The molecular formula is C23H20N2OS2. The minimum absolute atomic E-state index is 0.00227. The van der Waals surface area contributed by atoms with Gasteiger partial charge in [-0.1, -0.05) is 60.7 Å². The van der Waals surface area contributed by atoms with E-state index in [4.69, 9.17) is 0 Å². The molecule has 4 rings (SSSR count). The number of benzene rings is 3. The summed E-state index contributed by atoms with van der Waals surface area (Å²) in [6.07, 6.45) is 0. The molecule has 0 saturated heterocycles. The Balaban J connectivity index is 1.46. The van der Waals surface area contributed by atoms with Gasteiger partial charge in [0.15, 0.2) is 0 Å². The molecule has 0 fully saturated rings. The summed E-state index contributed by atoms with van der Waals surface area (Å²) in [6.45, 7) is 1.99. The highest BCUT2D eigenvalue weighted by atomic mass is 32.2. The molecule has 0 aliphatic heterocycles. The summed E-state index contributed by atoms with van der Waals surface area (Å²) < 4.78 is 1.09. The van der Waals surface area contributed by atoms with Crippen molar-refractivity contribution in [3.05, 3.63) is 95.0 Å². The Bertz CT molecular complexity index is 1040. The fourth-order valence-electron chi connectivity index (χ4n) is 3.11. The van der Waals surface area contributed by atoms with Crippen molar-refractivity contribution >= 4 is 44.9 Å². The van der Waals surface area contributed by atoms with Crippen molar-refractivity contribution in [2.24, 2.45) is 0 Å². The number of carbonyl (C=O) groups excluding carboxylic acids is 1. The highest BCUT2D eigenvalue weighted by Crippen LogP contribution is 2.35. The van der Waals surface area contributed by atoms with Crippen LogP contribution in [0.2, 0.25) is 0 Å². The van der Waals surface area contributed by atoms with Gasteiger partial charge in [-0.25, -0.2) is 4.98 Å². The number of thioether (sulfide) groups is 1. The van der Waals surface area contributed by atoms with Gasteiger partial charge in [-0.3, -0.25) is 4.79 Å². The summed E-state index contributed by atoms with van der Waals surface area (Å²) in [7, 11) is 0. The Morgan fingerprint density at radius 2 is 1.64 bits per heavy atom. The Kier molecular flexibility index (Phi) is 5.74. The van der Waals surface area contributed by atoms with Crippen LogP contribution in [-0.2, 0) is 4.79 Å². The smallest absolute Gasteiger partial charge is 0.234 e. The monoisotopic (exact) mass is 404 g/mol. The summed E-state index contributed by atoms with van der Waals surface area (Å²) in [5, 5.41) is 4.18. The van der Waals surface area contributed by atoms with E-state index in [-0.39, 0.29) is 11.2 Å². The molecule has 0 atom stereocenters. The standard InChI is InChI=1S/C23H20N2OS2/c1-16-24-20-13-12-19(14-21(20)28-16)25-22(26)15-27-23(17-8-4-2-5-9-17)18-10-6-3-7-11-18/h2-14,23H,15H2,1H3,(H,25,26). The van der Waals surface area contributed by atoms with Crippen LogP contribution in [0.5, 0.6) is 0 Å². The summed E-state index contributed by atoms with van der Waals surface area (Å²) >= 11 is 3.28. The molecular weight excluding hydrogens is 384 g/mol. The Morgan fingerprint density at radius 3 is 2.29 bits per heavy atom. The van der Waals surface area contributed by atoms with E-state index in [1.807, 2.05) is 61.5 Å². The van der Waals surface area contributed by atoms with Crippen molar-refractivity contribution in [2.45, 2.75) is 12.2 Å². The van der Waals surface area contributed by atoms with Gasteiger partial charge in [0.2, 0.25) is 5.91 Å². The zero-order valence-electron chi connectivity index (χ0n) is 15.5. The van der Waals surface area contributed by atoms with Gasteiger partial charge < -0.3 is 5.32 Å². The van der Waals surface area contributed by atoms with Crippen LogP contribution >= 0.6 is 23.1 Å². The average Bonchev–Trinajstić information content (AvgIpc) is 3.09. The largest absolute Gasteiger partial charge is 0.325 e. The first-order valence-electron chi connectivity index (χ1n) is 9.07. The van der Waals surface area contributed by atoms with Gasteiger partial charge in [0.05, 0.1) is 26.2 Å². The first kappa shape index (κ1) is 18.7. The maximum Gasteiger partial charge on any atom is 0.234 e. The minimum atomic E-state index is 0.00227. The number of aromatic nitrogens is 1. The molecule has 1 aromatic heterocycles. The third-order valence-electron chi connectivity index (χ3n) is 4.36. The molecule has 0 unspecified atom stereocenters. The molecule has 28 heavy (non-hydrogen) atoms. The van der Waals surface area contributed by atoms with Crippen LogP contribution in [-0.4, -0.2) is 16.6 Å². The second-order valence-electron chi connectivity index (χ2n) is 6.48. The average molecular weight is 405 g/mol. The fourth-order valence-corrected chi connectivity index (χ4v) is 5.07. The van der Waals surface area contributed by atoms with Crippen LogP contribution < -0.4 is 5.32 Å². The van der Waals surface area contributed by atoms with Crippen LogP contribution in [0, 0.1) is 6.92 Å². The highest BCUT2D eigenvalue weighted by Gasteiger charge is 2.16. The molecule has 3 aromatic carbocycles. The van der Waals surface area contributed by atoms with Crippen LogP contribution in [0.25, 0.3) is 10.2 Å². The molecule has 0 aliphatic carbocycles. The number of nitrogens with one attached hydrogen (secondary N) is 1. The Morgan fingerprint density at radius 1 is 1.00 bits per heavy atom. The number of thiazole rings is 1. The van der Waals surface area contributed by atoms with Crippen molar-refractivity contribution in [3.63, 3.8) is 0 Å². The number of hydrogen-bond acceptors (Lipinski definition) is 4. The molecule has 4 aromatic rings. The molecule has 0 bridgehead atoms. The van der Waals surface area contributed by atoms with E-state index < -0.39 is 0 Å². The Hall–Kier alpha value is -2.63. The third-order valence-corrected chi connectivity index (χ3v) is 6.60.